The van der Waals surface area contributed by atoms with Crippen LogP contribution in [0.25, 0.3) is 0 Å². The van der Waals surface area contributed by atoms with Crippen molar-refractivity contribution in [2.24, 2.45) is 0 Å². The Kier molecular flexibility index (Phi) is 7.59. The highest BCUT2D eigenvalue weighted by Crippen LogP contribution is 2.13. The van der Waals surface area contributed by atoms with E-state index >= 15 is 0 Å². The molecule has 1 aromatic heterocycles. The number of nitrogens with two attached hydrogens (primary N) is 1. The molecule has 1 rings (SSSR count). The topological polar surface area (TPSA) is 73.1 Å². The SMILES string of the molecule is CCOCc1nc(N)cc(NC(C)CCSCC)n1. The zero-order valence-corrected chi connectivity index (χ0v) is 12.8. The fraction of sp³-hybridized carbons (Fsp3) is 0.692. The molecule has 1 unspecified atom stereocenters. The van der Waals surface area contributed by atoms with Gasteiger partial charge in [0.1, 0.15) is 18.2 Å². The van der Waals surface area contributed by atoms with E-state index in [2.05, 4.69) is 29.1 Å². The molecule has 5 nitrogen and oxygen atoms in total. The summed E-state index contributed by atoms with van der Waals surface area (Å²) >= 11 is 1.95. The molecule has 1 aromatic rings. The summed E-state index contributed by atoms with van der Waals surface area (Å²) in [7, 11) is 0. The van der Waals surface area contributed by atoms with E-state index in [1.165, 1.54) is 0 Å². The van der Waals surface area contributed by atoms with Crippen LogP contribution in [0.2, 0.25) is 0 Å². The molecular formula is C13H24N4OS. The summed E-state index contributed by atoms with van der Waals surface area (Å²) in [6, 6.07) is 2.13. The molecule has 0 aliphatic heterocycles. The fourth-order valence-electron chi connectivity index (χ4n) is 1.58. The van der Waals surface area contributed by atoms with Crippen LogP contribution in [0.5, 0.6) is 0 Å². The van der Waals surface area contributed by atoms with Crippen LogP contribution in [-0.2, 0) is 11.3 Å². The van der Waals surface area contributed by atoms with Gasteiger partial charge in [-0.2, -0.15) is 11.8 Å². The van der Waals surface area contributed by atoms with Crippen LogP contribution in [-0.4, -0.2) is 34.1 Å². The van der Waals surface area contributed by atoms with Gasteiger partial charge in [0, 0.05) is 18.7 Å². The first-order valence-electron chi connectivity index (χ1n) is 6.71. The van der Waals surface area contributed by atoms with E-state index in [1.54, 1.807) is 6.07 Å². The molecule has 19 heavy (non-hydrogen) atoms. The molecule has 0 aliphatic carbocycles. The van der Waals surface area contributed by atoms with Crippen molar-refractivity contribution in [3.63, 3.8) is 0 Å². The molecule has 0 aromatic carbocycles. The number of nitrogens with zero attached hydrogens (tertiary/aromatic N) is 2. The summed E-state index contributed by atoms with van der Waals surface area (Å²) in [5, 5.41) is 3.36. The van der Waals surface area contributed by atoms with Gasteiger partial charge in [0.25, 0.3) is 0 Å². The van der Waals surface area contributed by atoms with Crippen LogP contribution in [0.4, 0.5) is 11.6 Å². The second kappa shape index (κ2) is 8.98. The van der Waals surface area contributed by atoms with E-state index in [1.807, 2.05) is 18.7 Å². The molecule has 0 aliphatic rings. The molecule has 0 saturated carbocycles. The fourth-order valence-corrected chi connectivity index (χ4v) is 2.39. The van der Waals surface area contributed by atoms with Gasteiger partial charge in [-0.25, -0.2) is 9.97 Å². The lowest BCUT2D eigenvalue weighted by Gasteiger charge is -2.15. The Morgan fingerprint density at radius 1 is 1.42 bits per heavy atom. The minimum Gasteiger partial charge on any atom is -0.384 e. The van der Waals surface area contributed by atoms with Gasteiger partial charge in [-0.3, -0.25) is 0 Å². The third-order valence-corrected chi connectivity index (χ3v) is 3.45. The van der Waals surface area contributed by atoms with Crippen LogP contribution >= 0.6 is 11.8 Å². The highest BCUT2D eigenvalue weighted by atomic mass is 32.2. The van der Waals surface area contributed by atoms with Crippen LogP contribution < -0.4 is 11.1 Å². The molecule has 0 amide bonds. The number of rotatable bonds is 9. The van der Waals surface area contributed by atoms with Crippen molar-refractivity contribution < 1.29 is 4.74 Å². The number of nitrogen functional groups attached to an aromatic ring is 1. The van der Waals surface area contributed by atoms with Gasteiger partial charge in [0.2, 0.25) is 0 Å². The van der Waals surface area contributed by atoms with E-state index < -0.39 is 0 Å². The first kappa shape index (κ1) is 16.0. The average molecular weight is 284 g/mol. The number of anilines is 2. The van der Waals surface area contributed by atoms with Crippen molar-refractivity contribution in [3.8, 4) is 0 Å². The maximum Gasteiger partial charge on any atom is 0.158 e. The summed E-state index contributed by atoms with van der Waals surface area (Å²) in [6.07, 6.45) is 1.10. The Labute approximate surface area is 119 Å². The predicted molar refractivity (Wildman–Crippen MR) is 82.5 cm³/mol. The number of nitrogens with one attached hydrogen (secondary N) is 1. The van der Waals surface area contributed by atoms with Crippen molar-refractivity contribution >= 4 is 23.4 Å². The van der Waals surface area contributed by atoms with Gasteiger partial charge >= 0.3 is 0 Å². The van der Waals surface area contributed by atoms with Gasteiger partial charge in [0.05, 0.1) is 0 Å². The molecule has 6 heteroatoms. The lowest BCUT2D eigenvalue weighted by Crippen LogP contribution is -2.18. The van der Waals surface area contributed by atoms with Crippen LogP contribution in [0.15, 0.2) is 6.07 Å². The number of hydrogen-bond acceptors (Lipinski definition) is 6. The Hall–Kier alpha value is -1.01. The lowest BCUT2D eigenvalue weighted by atomic mass is 10.2. The Bertz CT molecular complexity index is 376. The molecule has 0 bridgehead atoms. The third-order valence-electron chi connectivity index (χ3n) is 2.52. The number of ether oxygens (including phenoxy) is 1. The summed E-state index contributed by atoms with van der Waals surface area (Å²) in [5.74, 6) is 4.18. The van der Waals surface area contributed by atoms with Crippen LogP contribution in [0.3, 0.4) is 0 Å². The second-order valence-electron chi connectivity index (χ2n) is 4.26. The standard InChI is InChI=1S/C13H24N4OS/c1-4-18-9-13-16-11(14)8-12(17-13)15-10(3)6-7-19-5-2/h8,10H,4-7,9H2,1-3H3,(H3,14,15,16,17). The molecule has 0 spiro atoms. The molecule has 1 heterocycles. The summed E-state index contributed by atoms with van der Waals surface area (Å²) < 4.78 is 5.30. The molecule has 3 N–H and O–H groups in total. The summed E-state index contributed by atoms with van der Waals surface area (Å²) in [4.78, 5) is 8.56. The predicted octanol–water partition coefficient (Wildman–Crippen LogP) is 2.54. The average Bonchev–Trinajstić information content (AvgIpc) is 2.36. The monoisotopic (exact) mass is 284 g/mol. The van der Waals surface area contributed by atoms with Gasteiger partial charge in [-0.1, -0.05) is 6.92 Å². The maximum atomic E-state index is 5.78. The molecule has 0 fully saturated rings. The summed E-state index contributed by atoms with van der Waals surface area (Å²) in [6.45, 7) is 7.31. The van der Waals surface area contributed by atoms with Crippen molar-refractivity contribution in [3.05, 3.63) is 11.9 Å². The smallest absolute Gasteiger partial charge is 0.158 e. The van der Waals surface area contributed by atoms with Crippen LogP contribution in [0.1, 0.15) is 33.0 Å². The molecule has 1 atom stereocenters. The zero-order valence-electron chi connectivity index (χ0n) is 12.0. The highest BCUT2D eigenvalue weighted by Gasteiger charge is 2.06. The molecule has 0 saturated heterocycles. The first-order valence-corrected chi connectivity index (χ1v) is 7.86. The Balaban J connectivity index is 2.54. The van der Waals surface area contributed by atoms with Gasteiger partial charge in [-0.05, 0) is 31.8 Å². The number of hydrogen-bond donors (Lipinski definition) is 2. The van der Waals surface area contributed by atoms with Gasteiger partial charge in [0.15, 0.2) is 5.82 Å². The van der Waals surface area contributed by atoms with Crippen molar-refractivity contribution in [2.45, 2.75) is 39.8 Å². The number of thioether (sulfide) groups is 1. The Morgan fingerprint density at radius 3 is 2.89 bits per heavy atom. The first-order chi connectivity index (χ1) is 9.15. The van der Waals surface area contributed by atoms with E-state index in [4.69, 9.17) is 10.5 Å². The van der Waals surface area contributed by atoms with Crippen molar-refractivity contribution in [1.82, 2.24) is 9.97 Å². The van der Waals surface area contributed by atoms with Crippen molar-refractivity contribution in [2.75, 3.05) is 29.2 Å². The van der Waals surface area contributed by atoms with E-state index in [-0.39, 0.29) is 0 Å². The summed E-state index contributed by atoms with van der Waals surface area (Å²) in [5.41, 5.74) is 5.78. The van der Waals surface area contributed by atoms with Gasteiger partial charge < -0.3 is 15.8 Å². The highest BCUT2D eigenvalue weighted by molar-refractivity contribution is 7.99. The van der Waals surface area contributed by atoms with E-state index in [9.17, 15) is 0 Å². The zero-order chi connectivity index (χ0) is 14.1. The minimum absolute atomic E-state index is 0.369. The largest absolute Gasteiger partial charge is 0.384 e. The maximum absolute atomic E-state index is 5.78. The van der Waals surface area contributed by atoms with E-state index in [0.717, 1.165) is 23.7 Å². The molecule has 0 radical (unpaired) electrons. The molecular weight excluding hydrogens is 260 g/mol. The van der Waals surface area contributed by atoms with Gasteiger partial charge in [-0.15, -0.1) is 0 Å². The van der Waals surface area contributed by atoms with E-state index in [0.29, 0.717) is 30.9 Å². The number of aromatic nitrogens is 2. The molecule has 108 valence electrons. The third kappa shape index (κ3) is 6.63. The Morgan fingerprint density at radius 2 is 2.21 bits per heavy atom. The van der Waals surface area contributed by atoms with Crippen molar-refractivity contribution in [1.29, 1.82) is 0 Å². The minimum atomic E-state index is 0.369. The second-order valence-corrected chi connectivity index (χ2v) is 5.66. The van der Waals surface area contributed by atoms with Crippen LogP contribution in [0, 0.1) is 0 Å². The lowest BCUT2D eigenvalue weighted by molar-refractivity contribution is 0.128. The quantitative estimate of drug-likeness (QED) is 0.679. The normalized spacial score (nSPS) is 12.4.